The fraction of sp³-hybridized carbons (Fsp3) is 0.111. The van der Waals surface area contributed by atoms with Gasteiger partial charge in [-0.1, -0.05) is 103 Å². The summed E-state index contributed by atoms with van der Waals surface area (Å²) in [6.07, 6.45) is 2.90. The summed E-state index contributed by atoms with van der Waals surface area (Å²) in [4.78, 5) is 0. The van der Waals surface area contributed by atoms with Gasteiger partial charge in [0.1, 0.15) is 0 Å². The quantitative estimate of drug-likeness (QED) is 0.204. The van der Waals surface area contributed by atoms with Gasteiger partial charge in [0.15, 0.2) is 0 Å². The van der Waals surface area contributed by atoms with E-state index in [1.54, 1.807) is 0 Å². The van der Waals surface area contributed by atoms with Crippen molar-refractivity contribution in [3.05, 3.63) is 137 Å². The second kappa shape index (κ2) is 10.7. The summed E-state index contributed by atoms with van der Waals surface area (Å²) in [7, 11) is 2.96. The van der Waals surface area contributed by atoms with Crippen LogP contribution in [-0.2, 0) is 19.3 Å². The van der Waals surface area contributed by atoms with E-state index >= 15 is 0 Å². The Kier molecular flexibility index (Phi) is 8.03. The largest absolute Gasteiger partial charge is 0.107 e. The predicted octanol–water partition coefficient (Wildman–Crippen LogP) is 6.58. The molecule has 0 heterocycles. The average molecular weight is 508 g/mol. The molecule has 146 valence electrons. The normalized spacial score (nSPS) is 10.4. The van der Waals surface area contributed by atoms with E-state index in [2.05, 4.69) is 112 Å². The number of hydrogen-bond acceptors (Lipinski definition) is 0. The Morgan fingerprint density at radius 1 is 0.448 bits per heavy atom. The van der Waals surface area contributed by atoms with Gasteiger partial charge in [0, 0.05) is 0 Å². The van der Waals surface area contributed by atoms with Crippen LogP contribution in [0.1, 0.15) is 33.4 Å². The summed E-state index contributed by atoms with van der Waals surface area (Å²) >= 11 is 0. The highest BCUT2D eigenvalue weighted by Gasteiger charge is 2.13. The molecule has 0 aliphatic heterocycles. The van der Waals surface area contributed by atoms with Gasteiger partial charge in [-0.3, -0.25) is 0 Å². The Labute approximate surface area is 193 Å². The van der Waals surface area contributed by atoms with Crippen molar-refractivity contribution in [3.8, 4) is 0 Å². The standard InChI is InChI=1S/C27H25P.HI/c28-27-17-16-24(18-21-10-4-1-5-11-21)25(19-22-12-6-2-7-13-22)26(27)20-23-14-8-3-9-15-23;/h1-17H,18-20,28H2;1H. The molecule has 4 rings (SSSR count). The third kappa shape index (κ3) is 5.78. The first kappa shape index (κ1) is 21.7. The average Bonchev–Trinajstić information content (AvgIpc) is 2.75. The molecule has 4 aromatic carbocycles. The topological polar surface area (TPSA) is 0 Å². The lowest BCUT2D eigenvalue weighted by Gasteiger charge is -2.18. The van der Waals surface area contributed by atoms with Crippen molar-refractivity contribution in [2.75, 3.05) is 0 Å². The van der Waals surface area contributed by atoms with Crippen molar-refractivity contribution in [3.63, 3.8) is 0 Å². The minimum atomic E-state index is 0. The monoisotopic (exact) mass is 508 g/mol. The minimum absolute atomic E-state index is 0. The van der Waals surface area contributed by atoms with Gasteiger partial charge in [-0.2, -0.15) is 0 Å². The predicted molar refractivity (Wildman–Crippen MR) is 139 cm³/mol. The van der Waals surface area contributed by atoms with Crippen LogP contribution in [-0.4, -0.2) is 0 Å². The Bertz CT molecular complexity index is 1030. The smallest absolute Gasteiger partial charge is 0.00167 e. The number of halogens is 1. The second-order valence-electron chi connectivity index (χ2n) is 7.26. The number of hydrogen-bond donors (Lipinski definition) is 0. The molecule has 0 saturated carbocycles. The van der Waals surface area contributed by atoms with Gasteiger partial charge in [-0.15, -0.1) is 33.2 Å². The zero-order valence-corrected chi connectivity index (χ0v) is 19.9. The highest BCUT2D eigenvalue weighted by molar-refractivity contribution is 14.0. The molecule has 0 aliphatic carbocycles. The molecule has 0 aliphatic rings. The van der Waals surface area contributed by atoms with E-state index in [4.69, 9.17) is 0 Å². The molecule has 0 aromatic heterocycles. The van der Waals surface area contributed by atoms with Crippen LogP contribution in [0.4, 0.5) is 0 Å². The molecule has 0 fully saturated rings. The van der Waals surface area contributed by atoms with E-state index < -0.39 is 0 Å². The molecule has 0 saturated heterocycles. The van der Waals surface area contributed by atoms with Gasteiger partial charge in [0.2, 0.25) is 0 Å². The summed E-state index contributed by atoms with van der Waals surface area (Å²) in [5.74, 6) is 0. The third-order valence-electron chi connectivity index (χ3n) is 5.25. The van der Waals surface area contributed by atoms with Gasteiger partial charge in [-0.05, 0) is 57.9 Å². The van der Waals surface area contributed by atoms with Crippen molar-refractivity contribution in [1.82, 2.24) is 0 Å². The molecule has 2 heteroatoms. The van der Waals surface area contributed by atoms with E-state index in [0.717, 1.165) is 19.3 Å². The fourth-order valence-electron chi connectivity index (χ4n) is 3.77. The molecule has 0 nitrogen and oxygen atoms in total. The van der Waals surface area contributed by atoms with Gasteiger partial charge in [0.05, 0.1) is 0 Å². The molecular formula is C27H26IP. The van der Waals surface area contributed by atoms with Gasteiger partial charge in [-0.25, -0.2) is 0 Å². The molecule has 0 spiro atoms. The van der Waals surface area contributed by atoms with Crippen molar-refractivity contribution < 1.29 is 0 Å². The van der Waals surface area contributed by atoms with Crippen molar-refractivity contribution in [1.29, 1.82) is 0 Å². The zero-order valence-electron chi connectivity index (χ0n) is 16.4. The number of benzene rings is 4. The lowest BCUT2D eigenvalue weighted by atomic mass is 9.88. The molecule has 29 heavy (non-hydrogen) atoms. The first-order valence-electron chi connectivity index (χ1n) is 9.80. The maximum absolute atomic E-state index is 2.96. The van der Waals surface area contributed by atoms with Gasteiger partial charge in [0.25, 0.3) is 0 Å². The maximum Gasteiger partial charge on any atom is -0.00167 e. The van der Waals surface area contributed by atoms with Crippen LogP contribution in [0.5, 0.6) is 0 Å². The Balaban J connectivity index is 0.00000240. The Hall–Kier alpha value is -1.96. The van der Waals surface area contributed by atoms with Crippen LogP contribution >= 0.6 is 33.2 Å². The lowest BCUT2D eigenvalue weighted by molar-refractivity contribution is 1.04. The number of rotatable bonds is 6. The molecule has 1 unspecified atom stereocenters. The summed E-state index contributed by atoms with van der Waals surface area (Å²) in [5, 5.41) is 1.30. The Morgan fingerprint density at radius 2 is 0.862 bits per heavy atom. The van der Waals surface area contributed by atoms with Gasteiger partial charge < -0.3 is 0 Å². The van der Waals surface area contributed by atoms with Crippen LogP contribution in [0.2, 0.25) is 0 Å². The molecular weight excluding hydrogens is 482 g/mol. The first-order chi connectivity index (χ1) is 13.8. The van der Waals surface area contributed by atoms with Crippen LogP contribution in [0.25, 0.3) is 0 Å². The maximum atomic E-state index is 2.96. The SMILES string of the molecule is I.Pc1ccc(Cc2ccccc2)c(Cc2ccccc2)c1Cc1ccccc1. The minimum Gasteiger partial charge on any atom is -0.107 e. The summed E-state index contributed by atoms with van der Waals surface area (Å²) < 4.78 is 0. The fourth-order valence-corrected chi connectivity index (χ4v) is 4.14. The summed E-state index contributed by atoms with van der Waals surface area (Å²) in [6, 6.07) is 36.9. The molecule has 4 aromatic rings. The van der Waals surface area contributed by atoms with Crippen LogP contribution in [0.15, 0.2) is 103 Å². The van der Waals surface area contributed by atoms with Crippen LogP contribution in [0.3, 0.4) is 0 Å². The molecule has 0 N–H and O–H groups in total. The first-order valence-corrected chi connectivity index (χ1v) is 10.4. The summed E-state index contributed by atoms with van der Waals surface area (Å²) in [6.45, 7) is 0. The van der Waals surface area contributed by atoms with E-state index in [1.165, 1.54) is 38.7 Å². The van der Waals surface area contributed by atoms with E-state index in [1.807, 2.05) is 0 Å². The van der Waals surface area contributed by atoms with Crippen molar-refractivity contribution in [2.24, 2.45) is 0 Å². The Morgan fingerprint density at radius 3 is 1.34 bits per heavy atom. The molecule has 0 bridgehead atoms. The highest BCUT2D eigenvalue weighted by Crippen LogP contribution is 2.24. The molecule has 0 amide bonds. The highest BCUT2D eigenvalue weighted by atomic mass is 127. The third-order valence-corrected chi connectivity index (χ3v) is 5.79. The van der Waals surface area contributed by atoms with Crippen molar-refractivity contribution in [2.45, 2.75) is 19.3 Å². The van der Waals surface area contributed by atoms with E-state index in [-0.39, 0.29) is 24.0 Å². The van der Waals surface area contributed by atoms with Crippen molar-refractivity contribution >= 4 is 38.5 Å². The van der Waals surface area contributed by atoms with Gasteiger partial charge >= 0.3 is 0 Å². The molecule has 1 atom stereocenters. The van der Waals surface area contributed by atoms with E-state index in [0.29, 0.717) is 0 Å². The molecule has 0 radical (unpaired) electrons. The van der Waals surface area contributed by atoms with E-state index in [9.17, 15) is 0 Å². The second-order valence-corrected chi connectivity index (χ2v) is 7.88. The lowest BCUT2D eigenvalue weighted by Crippen LogP contribution is -2.12. The summed E-state index contributed by atoms with van der Waals surface area (Å²) in [5.41, 5.74) is 8.41. The van der Waals surface area contributed by atoms with Crippen LogP contribution < -0.4 is 5.30 Å². The van der Waals surface area contributed by atoms with Crippen LogP contribution in [0, 0.1) is 0 Å². The zero-order chi connectivity index (χ0) is 19.2.